The Kier molecular flexibility index (Phi) is 6.24. The van der Waals surface area contributed by atoms with Crippen LogP contribution < -0.4 is 11.5 Å². The van der Waals surface area contributed by atoms with Crippen LogP contribution in [0.3, 0.4) is 0 Å². The largest absolute Gasteiger partial charge is 0.369 e. The predicted molar refractivity (Wildman–Crippen MR) is 78.1 cm³/mol. The number of hydrogen-bond donors (Lipinski definition) is 2. The maximum atomic E-state index is 11.1. The lowest BCUT2D eigenvalue weighted by Crippen LogP contribution is -2.28. The standard InChI is InChI=1S/C12H14N8O2/c13-11(21)9(17-19-15)5-7-1-2-8(4-3-7)6-10(12(14)22)18-20-16/h1-4,9-10H,5-6H2,(H2,13,21)(H2,14,22). The average Bonchev–Trinajstić information content (AvgIpc) is 2.47. The van der Waals surface area contributed by atoms with Gasteiger partial charge in [-0.2, -0.15) is 0 Å². The third-order valence-corrected chi connectivity index (χ3v) is 2.92. The highest BCUT2D eigenvalue weighted by molar-refractivity contribution is 5.80. The molecule has 0 spiro atoms. The van der Waals surface area contributed by atoms with Gasteiger partial charge in [0.15, 0.2) is 0 Å². The molecule has 1 rings (SSSR count). The van der Waals surface area contributed by atoms with Crippen molar-refractivity contribution < 1.29 is 9.59 Å². The van der Waals surface area contributed by atoms with E-state index in [4.69, 9.17) is 22.5 Å². The summed E-state index contributed by atoms with van der Waals surface area (Å²) in [6.07, 6.45) is 0.352. The summed E-state index contributed by atoms with van der Waals surface area (Å²) in [7, 11) is 0. The van der Waals surface area contributed by atoms with Crippen LogP contribution in [0.1, 0.15) is 11.1 Å². The number of rotatable bonds is 8. The van der Waals surface area contributed by atoms with Gasteiger partial charge in [-0.1, -0.05) is 34.5 Å². The van der Waals surface area contributed by atoms with Gasteiger partial charge >= 0.3 is 0 Å². The first-order valence-corrected chi connectivity index (χ1v) is 6.22. The summed E-state index contributed by atoms with van der Waals surface area (Å²) in [6, 6.07) is 4.88. The van der Waals surface area contributed by atoms with Crippen LogP contribution in [0, 0.1) is 0 Å². The minimum atomic E-state index is -0.961. The van der Waals surface area contributed by atoms with E-state index in [0.717, 1.165) is 11.1 Å². The van der Waals surface area contributed by atoms with Gasteiger partial charge in [-0.05, 0) is 35.0 Å². The zero-order chi connectivity index (χ0) is 16.5. The highest BCUT2D eigenvalue weighted by Gasteiger charge is 2.15. The van der Waals surface area contributed by atoms with Crippen LogP contribution in [0.4, 0.5) is 0 Å². The first-order chi connectivity index (χ1) is 10.5. The molecule has 1 aromatic carbocycles. The summed E-state index contributed by atoms with van der Waals surface area (Å²) in [4.78, 5) is 27.4. The van der Waals surface area contributed by atoms with Crippen molar-refractivity contribution in [3.8, 4) is 0 Å². The van der Waals surface area contributed by atoms with Gasteiger partial charge in [-0.25, -0.2) is 0 Å². The lowest BCUT2D eigenvalue weighted by Gasteiger charge is -2.09. The van der Waals surface area contributed by atoms with E-state index in [2.05, 4.69) is 20.1 Å². The molecule has 0 radical (unpaired) electrons. The van der Waals surface area contributed by atoms with Crippen molar-refractivity contribution in [1.82, 2.24) is 0 Å². The number of nitrogens with zero attached hydrogens (tertiary/aromatic N) is 6. The first-order valence-electron chi connectivity index (χ1n) is 6.22. The van der Waals surface area contributed by atoms with Gasteiger partial charge in [0.25, 0.3) is 0 Å². The summed E-state index contributed by atoms with van der Waals surface area (Å²) in [5.74, 6) is -1.42. The second-order valence-electron chi connectivity index (χ2n) is 4.47. The van der Waals surface area contributed by atoms with Gasteiger partial charge in [0.05, 0.1) is 0 Å². The van der Waals surface area contributed by atoms with Crippen molar-refractivity contribution in [3.63, 3.8) is 0 Å². The lowest BCUT2D eigenvalue weighted by molar-refractivity contribution is -0.120. The Balaban J connectivity index is 2.81. The molecule has 2 unspecified atom stereocenters. The van der Waals surface area contributed by atoms with Gasteiger partial charge in [0.2, 0.25) is 11.8 Å². The minimum Gasteiger partial charge on any atom is -0.369 e. The Morgan fingerprint density at radius 2 is 1.23 bits per heavy atom. The first kappa shape index (κ1) is 16.8. The van der Waals surface area contributed by atoms with E-state index in [-0.39, 0.29) is 12.8 Å². The van der Waals surface area contributed by atoms with Crippen molar-refractivity contribution in [1.29, 1.82) is 0 Å². The lowest BCUT2D eigenvalue weighted by atomic mass is 10.0. The van der Waals surface area contributed by atoms with Crippen LogP contribution in [-0.2, 0) is 22.4 Å². The van der Waals surface area contributed by atoms with Crippen molar-refractivity contribution in [2.45, 2.75) is 24.9 Å². The minimum absolute atomic E-state index is 0.176. The van der Waals surface area contributed by atoms with E-state index in [1.165, 1.54) is 0 Å². The summed E-state index contributed by atoms with van der Waals surface area (Å²) in [6.45, 7) is 0. The van der Waals surface area contributed by atoms with E-state index in [1.807, 2.05) is 0 Å². The molecule has 0 saturated carbocycles. The molecule has 22 heavy (non-hydrogen) atoms. The summed E-state index contributed by atoms with van der Waals surface area (Å²) in [5, 5.41) is 6.65. The van der Waals surface area contributed by atoms with Gasteiger partial charge in [-0.15, -0.1) is 0 Å². The monoisotopic (exact) mass is 302 g/mol. The molecule has 0 aliphatic carbocycles. The van der Waals surface area contributed by atoms with Crippen LogP contribution >= 0.6 is 0 Å². The summed E-state index contributed by atoms with van der Waals surface area (Å²) < 4.78 is 0. The number of carbonyl (C=O) groups is 2. The van der Waals surface area contributed by atoms with Crippen molar-refractivity contribution in [2.75, 3.05) is 0 Å². The topological polar surface area (TPSA) is 184 Å². The third-order valence-electron chi connectivity index (χ3n) is 2.92. The molecule has 10 heteroatoms. The fourth-order valence-electron chi connectivity index (χ4n) is 1.78. The smallest absolute Gasteiger partial charge is 0.226 e. The average molecular weight is 302 g/mol. The number of hydrogen-bond acceptors (Lipinski definition) is 4. The molecule has 1 aromatic rings. The molecule has 4 N–H and O–H groups in total. The number of nitrogens with two attached hydrogens (primary N) is 2. The van der Waals surface area contributed by atoms with Crippen molar-refractivity contribution in [2.24, 2.45) is 21.7 Å². The van der Waals surface area contributed by atoms with E-state index in [0.29, 0.717) is 0 Å². The Morgan fingerprint density at radius 1 is 0.909 bits per heavy atom. The fourth-order valence-corrected chi connectivity index (χ4v) is 1.78. The molecular formula is C12H14N8O2. The SMILES string of the molecule is [N-]=[N+]=NC(Cc1ccc(CC(N=[N+]=[N-])C(N)=O)cc1)C(N)=O. The van der Waals surface area contributed by atoms with Gasteiger partial charge in [0.1, 0.15) is 12.1 Å². The zero-order valence-electron chi connectivity index (χ0n) is 11.5. The van der Waals surface area contributed by atoms with Gasteiger partial charge in [0, 0.05) is 9.82 Å². The molecule has 0 bridgehead atoms. The fraction of sp³-hybridized carbons (Fsp3) is 0.333. The summed E-state index contributed by atoms with van der Waals surface area (Å²) >= 11 is 0. The Bertz CT molecular complexity index is 583. The zero-order valence-corrected chi connectivity index (χ0v) is 11.5. The number of carbonyl (C=O) groups excluding carboxylic acids is 2. The molecule has 114 valence electrons. The van der Waals surface area contributed by atoms with Crippen molar-refractivity contribution >= 4 is 11.8 Å². The van der Waals surface area contributed by atoms with Crippen LogP contribution in [0.2, 0.25) is 0 Å². The molecule has 2 amide bonds. The van der Waals surface area contributed by atoms with Crippen LogP contribution in [0.25, 0.3) is 20.9 Å². The number of amides is 2. The van der Waals surface area contributed by atoms with Gasteiger partial charge < -0.3 is 11.5 Å². The van der Waals surface area contributed by atoms with E-state index >= 15 is 0 Å². The normalized spacial score (nSPS) is 12.4. The van der Waals surface area contributed by atoms with E-state index in [1.54, 1.807) is 24.3 Å². The van der Waals surface area contributed by atoms with E-state index < -0.39 is 23.9 Å². The van der Waals surface area contributed by atoms with Crippen LogP contribution in [-0.4, -0.2) is 23.9 Å². The molecule has 0 heterocycles. The second kappa shape index (κ2) is 8.15. The maximum absolute atomic E-state index is 11.1. The number of primary amides is 2. The predicted octanol–water partition coefficient (Wildman–Crippen LogP) is 1.10. The third kappa shape index (κ3) is 5.04. The van der Waals surface area contributed by atoms with Crippen LogP contribution in [0.5, 0.6) is 0 Å². The Labute approximate surface area is 125 Å². The molecule has 0 aliphatic heterocycles. The Morgan fingerprint density at radius 3 is 1.45 bits per heavy atom. The summed E-state index contributed by atoms with van der Waals surface area (Å²) in [5.41, 5.74) is 28.5. The molecule has 0 aromatic heterocycles. The van der Waals surface area contributed by atoms with Crippen molar-refractivity contribution in [3.05, 3.63) is 56.3 Å². The second-order valence-corrected chi connectivity index (χ2v) is 4.47. The highest BCUT2D eigenvalue weighted by Crippen LogP contribution is 2.12. The number of benzene rings is 1. The molecule has 2 atom stereocenters. The molecular weight excluding hydrogens is 288 g/mol. The molecule has 10 nitrogen and oxygen atoms in total. The quantitative estimate of drug-likeness (QED) is 0.414. The highest BCUT2D eigenvalue weighted by atomic mass is 16.1. The van der Waals surface area contributed by atoms with Crippen LogP contribution in [0.15, 0.2) is 34.5 Å². The Hall–Kier alpha value is -3.22. The molecule has 0 aliphatic rings. The van der Waals surface area contributed by atoms with Gasteiger partial charge in [-0.3, -0.25) is 9.59 Å². The molecule has 0 saturated heterocycles. The number of azide groups is 2. The van der Waals surface area contributed by atoms with E-state index in [9.17, 15) is 9.59 Å². The molecule has 0 fully saturated rings. The maximum Gasteiger partial charge on any atom is 0.226 e.